The molecular formula is C21H20N2O4. The van der Waals surface area contributed by atoms with Crippen LogP contribution in [-0.2, 0) is 19.1 Å². The normalized spacial score (nSPS) is 13.7. The number of nitrogens with zero attached hydrogens (tertiary/aromatic N) is 2. The Morgan fingerprint density at radius 3 is 2.41 bits per heavy atom. The molecule has 6 heteroatoms. The Kier molecular flexibility index (Phi) is 5.07. The van der Waals surface area contributed by atoms with E-state index in [4.69, 9.17) is 9.47 Å². The first-order valence-corrected chi connectivity index (χ1v) is 8.40. The van der Waals surface area contributed by atoms with Crippen molar-refractivity contribution in [2.45, 2.75) is 13.8 Å². The Morgan fingerprint density at radius 2 is 1.70 bits per heavy atom. The van der Waals surface area contributed by atoms with Crippen molar-refractivity contribution in [3.63, 3.8) is 0 Å². The molecule has 2 aromatic rings. The number of fused-ring (bicyclic) bond motifs is 1. The monoisotopic (exact) mass is 364 g/mol. The van der Waals surface area contributed by atoms with Gasteiger partial charge in [0.2, 0.25) is 0 Å². The molecule has 1 aliphatic heterocycles. The average molecular weight is 364 g/mol. The molecular weight excluding hydrogens is 344 g/mol. The molecule has 0 unspecified atom stereocenters. The molecule has 1 aliphatic rings. The number of benzene rings is 1. The van der Waals surface area contributed by atoms with Crippen LogP contribution in [0.5, 0.6) is 0 Å². The number of esters is 2. The van der Waals surface area contributed by atoms with Gasteiger partial charge >= 0.3 is 11.9 Å². The Labute approximate surface area is 157 Å². The van der Waals surface area contributed by atoms with Gasteiger partial charge in [-0.1, -0.05) is 12.1 Å². The van der Waals surface area contributed by atoms with Gasteiger partial charge < -0.3 is 14.4 Å². The van der Waals surface area contributed by atoms with Crippen molar-refractivity contribution in [3.8, 4) is 0 Å². The number of ether oxygens (including phenoxy) is 2. The number of carbonyl (C=O) groups is 2. The number of allylic oxidation sites excluding steroid dienone is 2. The van der Waals surface area contributed by atoms with Gasteiger partial charge in [0.05, 0.1) is 31.0 Å². The lowest BCUT2D eigenvalue weighted by Gasteiger charge is -2.26. The van der Waals surface area contributed by atoms with Crippen molar-refractivity contribution < 1.29 is 19.1 Å². The van der Waals surface area contributed by atoms with Crippen LogP contribution in [0.25, 0.3) is 10.9 Å². The van der Waals surface area contributed by atoms with E-state index < -0.39 is 11.9 Å². The van der Waals surface area contributed by atoms with Gasteiger partial charge in [-0.15, -0.1) is 0 Å². The van der Waals surface area contributed by atoms with E-state index in [1.165, 1.54) is 20.3 Å². The summed E-state index contributed by atoms with van der Waals surface area (Å²) < 4.78 is 9.83. The van der Waals surface area contributed by atoms with E-state index in [0.29, 0.717) is 0 Å². The largest absolute Gasteiger partial charge is 0.465 e. The van der Waals surface area contributed by atoms with E-state index in [2.05, 4.69) is 4.98 Å². The summed E-state index contributed by atoms with van der Waals surface area (Å²) >= 11 is 0. The molecule has 27 heavy (non-hydrogen) atoms. The van der Waals surface area contributed by atoms with Gasteiger partial charge in [-0.05, 0) is 49.8 Å². The third-order valence-corrected chi connectivity index (χ3v) is 4.31. The topological polar surface area (TPSA) is 68.7 Å². The summed E-state index contributed by atoms with van der Waals surface area (Å²) in [5, 5.41) is 0.859. The molecule has 138 valence electrons. The minimum absolute atomic E-state index is 0.0884. The fourth-order valence-corrected chi connectivity index (χ4v) is 3.06. The quantitative estimate of drug-likeness (QED) is 0.778. The molecule has 0 fully saturated rings. The highest BCUT2D eigenvalue weighted by Gasteiger charge is 2.29. The molecule has 0 radical (unpaired) electrons. The van der Waals surface area contributed by atoms with Gasteiger partial charge in [0.25, 0.3) is 0 Å². The second-order valence-electron chi connectivity index (χ2n) is 6.07. The lowest BCUT2D eigenvalue weighted by Crippen LogP contribution is -2.27. The highest BCUT2D eigenvalue weighted by atomic mass is 16.5. The molecule has 0 aliphatic carbocycles. The number of aryl methyl sites for hydroxylation is 2. The molecule has 0 N–H and O–H groups in total. The lowest BCUT2D eigenvalue weighted by atomic mass is 10.0. The predicted octanol–water partition coefficient (Wildman–Crippen LogP) is 3.34. The summed E-state index contributed by atoms with van der Waals surface area (Å²) in [4.78, 5) is 31.2. The van der Waals surface area contributed by atoms with E-state index in [9.17, 15) is 9.59 Å². The summed E-state index contributed by atoms with van der Waals surface area (Å²) in [6, 6.07) is 7.74. The van der Waals surface area contributed by atoms with Crippen molar-refractivity contribution in [1.29, 1.82) is 0 Å². The lowest BCUT2D eigenvalue weighted by molar-refractivity contribution is -0.139. The predicted molar refractivity (Wildman–Crippen MR) is 103 cm³/mol. The van der Waals surface area contributed by atoms with Gasteiger partial charge in [0, 0.05) is 17.3 Å². The van der Waals surface area contributed by atoms with Crippen molar-refractivity contribution in [1.82, 2.24) is 4.98 Å². The molecule has 0 bridgehead atoms. The first-order chi connectivity index (χ1) is 13.0. The highest BCUT2D eigenvalue weighted by molar-refractivity contribution is 6.07. The van der Waals surface area contributed by atoms with E-state index in [0.717, 1.165) is 27.8 Å². The number of rotatable bonds is 3. The van der Waals surface area contributed by atoms with Crippen LogP contribution in [-0.4, -0.2) is 31.1 Å². The maximum atomic E-state index is 12.6. The molecule has 2 heterocycles. The fourth-order valence-electron chi connectivity index (χ4n) is 3.06. The average Bonchev–Trinajstić information content (AvgIpc) is 2.89. The van der Waals surface area contributed by atoms with Crippen LogP contribution < -0.4 is 4.90 Å². The molecule has 0 saturated carbocycles. The van der Waals surface area contributed by atoms with E-state index in [-0.39, 0.29) is 11.3 Å². The van der Waals surface area contributed by atoms with Crippen LogP contribution >= 0.6 is 0 Å². The summed E-state index contributed by atoms with van der Waals surface area (Å²) in [6.45, 7) is 3.86. The number of hydrogen-bond donors (Lipinski definition) is 0. The molecule has 0 atom stereocenters. The molecule has 0 saturated heterocycles. The van der Waals surface area contributed by atoms with Crippen molar-refractivity contribution in [3.05, 3.63) is 71.2 Å². The summed E-state index contributed by atoms with van der Waals surface area (Å²) in [5.74, 6) is -1.25. The van der Waals surface area contributed by atoms with Gasteiger partial charge in [-0.2, -0.15) is 0 Å². The van der Waals surface area contributed by atoms with E-state index in [1.807, 2.05) is 38.1 Å². The summed E-state index contributed by atoms with van der Waals surface area (Å²) in [6.07, 6.45) is 6.69. The Hall–Kier alpha value is -3.41. The Morgan fingerprint density at radius 1 is 0.963 bits per heavy atom. The SMILES string of the molecule is COC(=O)C1=C(C(=O)OC)N(c2c(C)ccc3nc(C)ccc23)C=CC=C1. The number of carbonyl (C=O) groups excluding carboxylic acids is 2. The van der Waals surface area contributed by atoms with Gasteiger partial charge in [0.15, 0.2) is 0 Å². The third kappa shape index (κ3) is 3.33. The van der Waals surface area contributed by atoms with Crippen molar-refractivity contribution in [2.24, 2.45) is 0 Å². The Bertz CT molecular complexity index is 1020. The van der Waals surface area contributed by atoms with Gasteiger partial charge in [0.1, 0.15) is 5.70 Å². The maximum absolute atomic E-state index is 12.6. The third-order valence-electron chi connectivity index (χ3n) is 4.31. The molecule has 0 spiro atoms. The van der Waals surface area contributed by atoms with Crippen LogP contribution in [0.4, 0.5) is 5.69 Å². The first kappa shape index (κ1) is 18.4. The fraction of sp³-hybridized carbons (Fsp3) is 0.190. The van der Waals surface area contributed by atoms with Crippen LogP contribution in [0.3, 0.4) is 0 Å². The second kappa shape index (κ2) is 7.45. The number of pyridine rings is 1. The van der Waals surface area contributed by atoms with Crippen molar-refractivity contribution in [2.75, 3.05) is 19.1 Å². The zero-order valence-electron chi connectivity index (χ0n) is 15.6. The zero-order valence-corrected chi connectivity index (χ0v) is 15.6. The number of aromatic nitrogens is 1. The van der Waals surface area contributed by atoms with Crippen LogP contribution in [0.15, 0.2) is 60.0 Å². The maximum Gasteiger partial charge on any atom is 0.355 e. The minimum Gasteiger partial charge on any atom is -0.465 e. The van der Waals surface area contributed by atoms with Crippen LogP contribution in [0.2, 0.25) is 0 Å². The number of methoxy groups -OCH3 is 2. The number of anilines is 1. The molecule has 1 aromatic carbocycles. The molecule has 3 rings (SSSR count). The molecule has 6 nitrogen and oxygen atoms in total. The van der Waals surface area contributed by atoms with E-state index >= 15 is 0 Å². The standard InChI is InChI=1S/C21H20N2O4/c1-13-8-11-17-15(10-9-14(2)22-17)18(13)23-12-6-5-7-16(20(24)26-3)19(23)21(25)27-4/h5-12H,1-4H3. The number of hydrogen-bond acceptors (Lipinski definition) is 6. The minimum atomic E-state index is -0.636. The van der Waals surface area contributed by atoms with Gasteiger partial charge in [-0.3, -0.25) is 4.98 Å². The molecule has 0 amide bonds. The molecule has 1 aromatic heterocycles. The van der Waals surface area contributed by atoms with Crippen LogP contribution in [0, 0.1) is 13.8 Å². The van der Waals surface area contributed by atoms with Crippen molar-refractivity contribution >= 4 is 28.5 Å². The second-order valence-corrected chi connectivity index (χ2v) is 6.07. The zero-order chi connectivity index (χ0) is 19.6. The van der Waals surface area contributed by atoms with Crippen LogP contribution in [0.1, 0.15) is 11.3 Å². The highest BCUT2D eigenvalue weighted by Crippen LogP contribution is 2.35. The van der Waals surface area contributed by atoms with E-state index in [1.54, 1.807) is 23.3 Å². The Balaban J connectivity index is 2.34. The summed E-state index contributed by atoms with van der Waals surface area (Å²) in [5.41, 5.74) is 3.57. The van der Waals surface area contributed by atoms with Gasteiger partial charge in [-0.25, -0.2) is 9.59 Å². The smallest absolute Gasteiger partial charge is 0.355 e. The summed E-state index contributed by atoms with van der Waals surface area (Å²) in [7, 11) is 2.55. The first-order valence-electron chi connectivity index (χ1n) is 8.40.